The zero-order valence-electron chi connectivity index (χ0n) is 6.58. The van der Waals surface area contributed by atoms with Gasteiger partial charge in [0.25, 0.3) is 0 Å². The van der Waals surface area contributed by atoms with Gasteiger partial charge in [0.1, 0.15) is 0 Å². The molecule has 13 heavy (non-hydrogen) atoms. The Morgan fingerprint density at radius 2 is 2.23 bits per heavy atom. The van der Waals surface area contributed by atoms with E-state index in [4.69, 9.17) is 11.1 Å². The highest BCUT2D eigenvalue weighted by Gasteiger charge is 2.05. The van der Waals surface area contributed by atoms with Crippen molar-refractivity contribution in [2.45, 2.75) is 0 Å². The first kappa shape index (κ1) is 9.73. The van der Waals surface area contributed by atoms with E-state index in [2.05, 4.69) is 20.7 Å². The quantitative estimate of drug-likeness (QED) is 0.583. The van der Waals surface area contributed by atoms with Gasteiger partial charge in [-0.2, -0.15) is 0 Å². The molecule has 68 valence electrons. The molecule has 1 rings (SSSR count). The maximum atomic E-state index is 10.3. The van der Waals surface area contributed by atoms with Gasteiger partial charge >= 0.3 is 6.09 Å². The van der Waals surface area contributed by atoms with Crippen molar-refractivity contribution in [3.8, 4) is 0 Å². The fourth-order valence-electron chi connectivity index (χ4n) is 0.789. The van der Waals surface area contributed by atoms with Crippen molar-refractivity contribution in [1.82, 2.24) is 0 Å². The summed E-state index contributed by atoms with van der Waals surface area (Å²) >= 11 is 3.23. The summed E-state index contributed by atoms with van der Waals surface area (Å²) in [5.41, 5.74) is 5.25. The van der Waals surface area contributed by atoms with E-state index in [1.165, 1.54) is 0 Å². The Kier molecular flexibility index (Phi) is 3.02. The summed E-state index contributed by atoms with van der Waals surface area (Å²) < 4.78 is 5.20. The molecular formula is C8H7BrN2O2. The molecule has 0 aliphatic rings. The zero-order chi connectivity index (χ0) is 9.84. The standard InChI is InChI=1S/C8H7BrN2O2/c9-6-3-1-2-5(4-6)7(10)13-8(11)12/h1-4,10H,(H2,11,12). The third kappa shape index (κ3) is 2.87. The summed E-state index contributed by atoms with van der Waals surface area (Å²) in [6.07, 6.45) is -0.982. The molecule has 0 spiro atoms. The topological polar surface area (TPSA) is 76.2 Å². The lowest BCUT2D eigenvalue weighted by molar-refractivity contribution is 0.208. The first-order valence-corrected chi connectivity index (χ1v) is 4.20. The average molecular weight is 243 g/mol. The monoisotopic (exact) mass is 242 g/mol. The second-order valence-corrected chi connectivity index (χ2v) is 3.18. The van der Waals surface area contributed by atoms with Crippen molar-refractivity contribution in [2.75, 3.05) is 0 Å². The van der Waals surface area contributed by atoms with Gasteiger partial charge in [-0.15, -0.1) is 0 Å². The SMILES string of the molecule is N=C(OC(N)=O)c1cccc(Br)c1. The Hall–Kier alpha value is -1.36. The number of ether oxygens (including phenoxy) is 1. The predicted molar refractivity (Wildman–Crippen MR) is 51.6 cm³/mol. The second kappa shape index (κ2) is 4.04. The first-order valence-electron chi connectivity index (χ1n) is 3.41. The molecule has 0 fully saturated rings. The van der Waals surface area contributed by atoms with E-state index in [1.807, 2.05) is 0 Å². The van der Waals surface area contributed by atoms with E-state index >= 15 is 0 Å². The van der Waals surface area contributed by atoms with Gasteiger partial charge in [-0.1, -0.05) is 22.0 Å². The van der Waals surface area contributed by atoms with Crippen LogP contribution < -0.4 is 5.73 Å². The van der Waals surface area contributed by atoms with Gasteiger partial charge in [0.2, 0.25) is 5.90 Å². The number of primary amides is 1. The molecule has 5 heteroatoms. The summed E-state index contributed by atoms with van der Waals surface area (Å²) in [5, 5.41) is 7.31. The van der Waals surface area contributed by atoms with Crippen LogP contribution in [0.2, 0.25) is 0 Å². The van der Waals surface area contributed by atoms with Crippen LogP contribution in [-0.2, 0) is 4.74 Å². The van der Waals surface area contributed by atoms with Gasteiger partial charge in [0.15, 0.2) is 0 Å². The third-order valence-corrected chi connectivity index (χ3v) is 1.78. The van der Waals surface area contributed by atoms with Crippen molar-refractivity contribution in [1.29, 1.82) is 5.41 Å². The number of carbonyl (C=O) groups is 1. The Balaban J connectivity index is 2.83. The molecule has 4 nitrogen and oxygen atoms in total. The number of rotatable bonds is 1. The van der Waals surface area contributed by atoms with E-state index in [0.717, 1.165) is 4.47 Å². The molecule has 3 N–H and O–H groups in total. The molecule has 1 aromatic carbocycles. The predicted octanol–water partition coefficient (Wildman–Crippen LogP) is 1.87. The van der Waals surface area contributed by atoms with Crippen molar-refractivity contribution in [3.05, 3.63) is 34.3 Å². The van der Waals surface area contributed by atoms with Crippen molar-refractivity contribution in [2.24, 2.45) is 5.73 Å². The fraction of sp³-hybridized carbons (Fsp3) is 0. The molecule has 0 saturated heterocycles. The number of nitrogens with one attached hydrogen (secondary N) is 1. The van der Waals surface area contributed by atoms with Crippen LogP contribution >= 0.6 is 15.9 Å². The number of nitrogens with two attached hydrogens (primary N) is 1. The molecule has 0 bridgehead atoms. The van der Waals surface area contributed by atoms with Gasteiger partial charge in [-0.05, 0) is 18.2 Å². The van der Waals surface area contributed by atoms with Crippen molar-refractivity contribution in [3.63, 3.8) is 0 Å². The van der Waals surface area contributed by atoms with Crippen LogP contribution in [0.1, 0.15) is 5.56 Å². The van der Waals surface area contributed by atoms with Gasteiger partial charge in [-0.25, -0.2) is 4.79 Å². The van der Waals surface area contributed by atoms with Crippen LogP contribution in [0.25, 0.3) is 0 Å². The molecule has 0 aromatic heterocycles. The number of benzene rings is 1. The van der Waals surface area contributed by atoms with Crippen LogP contribution in [-0.4, -0.2) is 12.0 Å². The smallest absolute Gasteiger partial charge is 0.391 e. The lowest BCUT2D eigenvalue weighted by atomic mass is 10.2. The normalized spacial score (nSPS) is 9.31. The lowest BCUT2D eigenvalue weighted by Crippen LogP contribution is -2.18. The highest BCUT2D eigenvalue weighted by Crippen LogP contribution is 2.12. The number of amides is 1. The number of hydrogen-bond acceptors (Lipinski definition) is 3. The number of carbonyl (C=O) groups excluding carboxylic acids is 1. The maximum Gasteiger partial charge on any atom is 0.411 e. The summed E-state index contributed by atoms with van der Waals surface area (Å²) in [6.45, 7) is 0. The summed E-state index contributed by atoms with van der Waals surface area (Å²) in [6, 6.07) is 6.85. The molecule has 0 heterocycles. The van der Waals surface area contributed by atoms with E-state index in [9.17, 15) is 4.79 Å². The van der Waals surface area contributed by atoms with Crippen molar-refractivity contribution < 1.29 is 9.53 Å². The minimum atomic E-state index is -0.982. The second-order valence-electron chi connectivity index (χ2n) is 2.26. The molecule has 0 saturated carbocycles. The van der Waals surface area contributed by atoms with Crippen LogP contribution in [0.4, 0.5) is 4.79 Å². The zero-order valence-corrected chi connectivity index (χ0v) is 8.17. The minimum absolute atomic E-state index is 0.256. The largest absolute Gasteiger partial charge is 0.411 e. The molecule has 1 amide bonds. The van der Waals surface area contributed by atoms with E-state index < -0.39 is 6.09 Å². The Morgan fingerprint density at radius 3 is 2.77 bits per heavy atom. The van der Waals surface area contributed by atoms with E-state index in [1.54, 1.807) is 24.3 Å². The van der Waals surface area contributed by atoms with Crippen LogP contribution in [0.5, 0.6) is 0 Å². The minimum Gasteiger partial charge on any atom is -0.391 e. The molecule has 0 aliphatic heterocycles. The summed E-state index contributed by atoms with van der Waals surface area (Å²) in [7, 11) is 0. The molecule has 0 unspecified atom stereocenters. The molecule has 1 aromatic rings. The van der Waals surface area contributed by atoms with Crippen molar-refractivity contribution >= 4 is 27.9 Å². The third-order valence-electron chi connectivity index (χ3n) is 1.29. The Morgan fingerprint density at radius 1 is 1.54 bits per heavy atom. The number of halogens is 1. The van der Waals surface area contributed by atoms with Crippen LogP contribution in [0.3, 0.4) is 0 Å². The summed E-state index contributed by atoms with van der Waals surface area (Å²) in [5.74, 6) is -0.256. The number of hydrogen-bond donors (Lipinski definition) is 2. The molecular weight excluding hydrogens is 236 g/mol. The van der Waals surface area contributed by atoms with Gasteiger partial charge in [0.05, 0.1) is 0 Å². The Labute approximate surface area is 83.3 Å². The lowest BCUT2D eigenvalue weighted by Gasteiger charge is -2.02. The molecule has 0 aliphatic carbocycles. The first-order chi connectivity index (χ1) is 6.09. The fourth-order valence-corrected chi connectivity index (χ4v) is 1.19. The van der Waals surface area contributed by atoms with E-state index in [-0.39, 0.29) is 5.90 Å². The van der Waals surface area contributed by atoms with Gasteiger partial charge < -0.3 is 10.5 Å². The van der Waals surface area contributed by atoms with E-state index in [0.29, 0.717) is 5.56 Å². The highest BCUT2D eigenvalue weighted by atomic mass is 79.9. The highest BCUT2D eigenvalue weighted by molar-refractivity contribution is 9.10. The summed E-state index contributed by atoms with van der Waals surface area (Å²) in [4.78, 5) is 10.3. The molecule has 0 atom stereocenters. The van der Waals surface area contributed by atoms with Crippen LogP contribution in [0.15, 0.2) is 28.7 Å². The van der Waals surface area contributed by atoms with Gasteiger partial charge in [-0.3, -0.25) is 5.41 Å². The maximum absolute atomic E-state index is 10.3. The Bertz CT molecular complexity index is 352. The van der Waals surface area contributed by atoms with Gasteiger partial charge in [0, 0.05) is 10.0 Å². The van der Waals surface area contributed by atoms with Crippen LogP contribution in [0, 0.1) is 5.41 Å². The molecule has 0 radical (unpaired) electrons. The average Bonchev–Trinajstić information content (AvgIpc) is 2.03.